The van der Waals surface area contributed by atoms with Crippen LogP contribution in [0.2, 0.25) is 0 Å². The first-order chi connectivity index (χ1) is 12.5. The Balaban J connectivity index is 1.74. The molecule has 130 valence electrons. The van der Waals surface area contributed by atoms with E-state index in [2.05, 4.69) is 14.9 Å². The molecule has 0 aliphatic carbocycles. The molecule has 0 fully saturated rings. The van der Waals surface area contributed by atoms with Crippen molar-refractivity contribution in [2.24, 2.45) is 0 Å². The standard InChI is InChI=1S/C19H16N4O2S/c20-14-7-4-8-16(11-14)26(24,25)23-15-9-10-18-17(12-15)19(22-21-18)13-5-2-1-3-6-13/h1-12,23H,20H2,(H,21,22). The van der Waals surface area contributed by atoms with Gasteiger partial charge in [0.1, 0.15) is 0 Å². The van der Waals surface area contributed by atoms with Gasteiger partial charge in [0.25, 0.3) is 10.0 Å². The van der Waals surface area contributed by atoms with Gasteiger partial charge in [0, 0.05) is 22.3 Å². The fraction of sp³-hybridized carbons (Fsp3) is 0. The molecule has 0 radical (unpaired) electrons. The minimum Gasteiger partial charge on any atom is -0.399 e. The van der Waals surface area contributed by atoms with E-state index in [9.17, 15) is 8.42 Å². The fourth-order valence-corrected chi connectivity index (χ4v) is 3.89. The molecule has 0 saturated carbocycles. The van der Waals surface area contributed by atoms with Gasteiger partial charge < -0.3 is 5.73 Å². The molecule has 0 bridgehead atoms. The number of nitrogen functional groups attached to an aromatic ring is 1. The van der Waals surface area contributed by atoms with Crippen LogP contribution >= 0.6 is 0 Å². The van der Waals surface area contributed by atoms with E-state index in [1.54, 1.807) is 30.3 Å². The van der Waals surface area contributed by atoms with Crippen LogP contribution in [0.15, 0.2) is 77.7 Å². The highest BCUT2D eigenvalue weighted by atomic mass is 32.2. The van der Waals surface area contributed by atoms with Gasteiger partial charge in [0.2, 0.25) is 0 Å². The Morgan fingerprint density at radius 1 is 0.923 bits per heavy atom. The highest BCUT2D eigenvalue weighted by Gasteiger charge is 2.16. The zero-order valence-corrected chi connectivity index (χ0v) is 14.5. The number of aromatic nitrogens is 2. The van der Waals surface area contributed by atoms with Crippen molar-refractivity contribution in [1.29, 1.82) is 0 Å². The Hall–Kier alpha value is -3.32. The summed E-state index contributed by atoms with van der Waals surface area (Å²) in [7, 11) is -3.73. The van der Waals surface area contributed by atoms with Crippen molar-refractivity contribution in [3.8, 4) is 11.3 Å². The van der Waals surface area contributed by atoms with E-state index >= 15 is 0 Å². The van der Waals surface area contributed by atoms with E-state index in [1.807, 2.05) is 30.3 Å². The summed E-state index contributed by atoms with van der Waals surface area (Å²) in [6.45, 7) is 0. The van der Waals surface area contributed by atoms with Crippen molar-refractivity contribution in [2.75, 3.05) is 10.5 Å². The van der Waals surface area contributed by atoms with Gasteiger partial charge in [0.05, 0.1) is 16.1 Å². The zero-order valence-electron chi connectivity index (χ0n) is 13.7. The van der Waals surface area contributed by atoms with E-state index in [1.165, 1.54) is 12.1 Å². The van der Waals surface area contributed by atoms with Crippen LogP contribution in [-0.2, 0) is 10.0 Å². The lowest BCUT2D eigenvalue weighted by Gasteiger charge is -2.09. The van der Waals surface area contributed by atoms with Gasteiger partial charge in [-0.15, -0.1) is 0 Å². The van der Waals surface area contributed by atoms with Crippen molar-refractivity contribution < 1.29 is 8.42 Å². The predicted octanol–water partition coefficient (Wildman–Crippen LogP) is 3.61. The maximum Gasteiger partial charge on any atom is 0.261 e. The lowest BCUT2D eigenvalue weighted by Crippen LogP contribution is -2.13. The lowest BCUT2D eigenvalue weighted by atomic mass is 10.1. The summed E-state index contributed by atoms with van der Waals surface area (Å²) in [5, 5.41) is 8.16. The summed E-state index contributed by atoms with van der Waals surface area (Å²) in [6, 6.07) is 21.2. The van der Waals surface area contributed by atoms with Crippen molar-refractivity contribution in [2.45, 2.75) is 4.90 Å². The van der Waals surface area contributed by atoms with Crippen LogP contribution in [0.4, 0.5) is 11.4 Å². The molecule has 3 aromatic carbocycles. The van der Waals surface area contributed by atoms with Gasteiger partial charge in [-0.25, -0.2) is 8.42 Å². The smallest absolute Gasteiger partial charge is 0.261 e. The highest BCUT2D eigenvalue weighted by Crippen LogP contribution is 2.29. The molecular formula is C19H16N4O2S. The molecule has 0 amide bonds. The molecule has 1 aromatic heterocycles. The Kier molecular flexibility index (Phi) is 3.85. The van der Waals surface area contributed by atoms with Gasteiger partial charge in [0.15, 0.2) is 0 Å². The lowest BCUT2D eigenvalue weighted by molar-refractivity contribution is 0.601. The molecule has 0 aliphatic rings. The van der Waals surface area contributed by atoms with Crippen LogP contribution in [0, 0.1) is 0 Å². The summed E-state index contributed by atoms with van der Waals surface area (Å²) < 4.78 is 27.8. The number of fused-ring (bicyclic) bond motifs is 1. The normalized spacial score (nSPS) is 11.5. The van der Waals surface area contributed by atoms with Crippen molar-refractivity contribution in [3.63, 3.8) is 0 Å². The average molecular weight is 364 g/mol. The molecule has 0 saturated heterocycles. The van der Waals surface area contributed by atoms with Gasteiger partial charge in [-0.3, -0.25) is 9.82 Å². The number of aromatic amines is 1. The topological polar surface area (TPSA) is 101 Å². The van der Waals surface area contributed by atoms with Crippen molar-refractivity contribution >= 4 is 32.3 Å². The number of nitrogens with zero attached hydrogens (tertiary/aromatic N) is 1. The molecule has 7 heteroatoms. The molecule has 0 unspecified atom stereocenters. The Bertz CT molecular complexity index is 1180. The molecule has 4 N–H and O–H groups in total. The van der Waals surface area contributed by atoms with E-state index in [0.29, 0.717) is 11.4 Å². The third-order valence-electron chi connectivity index (χ3n) is 4.03. The third kappa shape index (κ3) is 3.00. The summed E-state index contributed by atoms with van der Waals surface area (Å²) in [4.78, 5) is 0.119. The second kappa shape index (κ2) is 6.20. The number of hydrogen-bond donors (Lipinski definition) is 3. The summed E-state index contributed by atoms with van der Waals surface area (Å²) in [5.41, 5.74) is 9.09. The molecule has 0 spiro atoms. The summed E-state index contributed by atoms with van der Waals surface area (Å²) in [6.07, 6.45) is 0. The first-order valence-corrected chi connectivity index (χ1v) is 9.43. The maximum atomic E-state index is 12.6. The molecule has 26 heavy (non-hydrogen) atoms. The molecule has 4 rings (SSSR count). The predicted molar refractivity (Wildman–Crippen MR) is 103 cm³/mol. The number of rotatable bonds is 4. The van der Waals surface area contributed by atoms with Crippen LogP contribution in [0.25, 0.3) is 22.2 Å². The average Bonchev–Trinajstić information content (AvgIpc) is 3.05. The number of nitrogens with one attached hydrogen (secondary N) is 2. The van der Waals surface area contributed by atoms with Crippen LogP contribution in [0.5, 0.6) is 0 Å². The second-order valence-corrected chi connectivity index (χ2v) is 7.56. The van der Waals surface area contributed by atoms with E-state index < -0.39 is 10.0 Å². The second-order valence-electron chi connectivity index (χ2n) is 5.88. The first-order valence-electron chi connectivity index (χ1n) is 7.95. The van der Waals surface area contributed by atoms with E-state index in [-0.39, 0.29) is 4.90 Å². The van der Waals surface area contributed by atoms with Crippen LogP contribution < -0.4 is 10.5 Å². The van der Waals surface area contributed by atoms with Crippen molar-refractivity contribution in [1.82, 2.24) is 10.2 Å². The number of sulfonamides is 1. The van der Waals surface area contributed by atoms with Gasteiger partial charge >= 0.3 is 0 Å². The number of anilines is 2. The first kappa shape index (κ1) is 16.2. The monoisotopic (exact) mass is 364 g/mol. The SMILES string of the molecule is Nc1cccc(S(=O)(=O)Nc2ccc3[nH]nc(-c4ccccc4)c3c2)c1. The number of H-pyrrole nitrogens is 1. The quantitative estimate of drug-likeness (QED) is 0.482. The van der Waals surface area contributed by atoms with Gasteiger partial charge in [-0.1, -0.05) is 36.4 Å². The van der Waals surface area contributed by atoms with E-state index in [4.69, 9.17) is 5.73 Å². The van der Waals surface area contributed by atoms with Crippen LogP contribution in [0.3, 0.4) is 0 Å². The zero-order chi connectivity index (χ0) is 18.1. The molecule has 0 atom stereocenters. The minimum absolute atomic E-state index is 0.119. The molecule has 1 heterocycles. The molecule has 0 aliphatic heterocycles. The van der Waals surface area contributed by atoms with E-state index in [0.717, 1.165) is 22.2 Å². The van der Waals surface area contributed by atoms with Gasteiger partial charge in [-0.2, -0.15) is 5.10 Å². The minimum atomic E-state index is -3.73. The number of hydrogen-bond acceptors (Lipinski definition) is 4. The van der Waals surface area contributed by atoms with Crippen molar-refractivity contribution in [3.05, 3.63) is 72.8 Å². The van der Waals surface area contributed by atoms with Crippen LogP contribution in [-0.4, -0.2) is 18.6 Å². The molecule has 6 nitrogen and oxygen atoms in total. The fourth-order valence-electron chi connectivity index (χ4n) is 2.79. The van der Waals surface area contributed by atoms with Crippen LogP contribution in [0.1, 0.15) is 0 Å². The summed E-state index contributed by atoms with van der Waals surface area (Å²) >= 11 is 0. The third-order valence-corrected chi connectivity index (χ3v) is 5.41. The maximum absolute atomic E-state index is 12.6. The number of benzene rings is 3. The largest absolute Gasteiger partial charge is 0.399 e. The Morgan fingerprint density at radius 2 is 1.73 bits per heavy atom. The Morgan fingerprint density at radius 3 is 2.50 bits per heavy atom. The molecular weight excluding hydrogens is 348 g/mol. The summed E-state index contributed by atoms with van der Waals surface area (Å²) in [5.74, 6) is 0. The van der Waals surface area contributed by atoms with Gasteiger partial charge in [-0.05, 0) is 36.4 Å². The molecule has 4 aromatic rings. The Labute approximate surface area is 150 Å². The highest BCUT2D eigenvalue weighted by molar-refractivity contribution is 7.92. The number of nitrogens with two attached hydrogens (primary N) is 1.